The van der Waals surface area contributed by atoms with Crippen LogP contribution in [0.3, 0.4) is 0 Å². The quantitative estimate of drug-likeness (QED) is 0.0485. The summed E-state index contributed by atoms with van der Waals surface area (Å²) in [7, 11) is 3.82. The molecule has 2 aliphatic rings. The molecular formula is C55H72F3N7O8S. The molecule has 2 aromatic heterocycles. The van der Waals surface area contributed by atoms with Crippen molar-refractivity contribution in [1.82, 2.24) is 35.3 Å². The number of para-hydroxylation sites is 1. The Hall–Kier alpha value is -5.41. The van der Waals surface area contributed by atoms with Crippen molar-refractivity contribution in [2.45, 2.75) is 103 Å². The largest absolute Gasteiger partial charge is 0.491 e. The van der Waals surface area contributed by atoms with Gasteiger partial charge in [-0.15, -0.1) is 11.3 Å². The summed E-state index contributed by atoms with van der Waals surface area (Å²) in [6.07, 6.45) is -0.273. The van der Waals surface area contributed by atoms with Crippen molar-refractivity contribution in [2.24, 2.45) is 5.41 Å². The summed E-state index contributed by atoms with van der Waals surface area (Å²) in [5.74, 6) is -3.02. The molecule has 7 rings (SSSR count). The van der Waals surface area contributed by atoms with E-state index in [1.807, 2.05) is 113 Å². The minimum Gasteiger partial charge on any atom is -0.491 e. The van der Waals surface area contributed by atoms with Crippen LogP contribution >= 0.6 is 11.3 Å². The van der Waals surface area contributed by atoms with Crippen LogP contribution in [-0.2, 0) is 35.0 Å². The molecule has 19 heteroatoms. The number of nitrogens with one attached hydrogen (secondary N) is 3. The summed E-state index contributed by atoms with van der Waals surface area (Å²) >= 11 is 1.56. The van der Waals surface area contributed by atoms with Gasteiger partial charge in [-0.2, -0.15) is 0 Å². The first-order valence-electron chi connectivity index (χ1n) is 25.2. The fraction of sp³-hybridized carbons (Fsp3) is 0.527. The number of β-amino-alcohol motifs (C(OH)–C–C–N with tert-alkyl or cyclic N) is 1. The van der Waals surface area contributed by atoms with Crippen LogP contribution in [0.2, 0.25) is 0 Å². The highest BCUT2D eigenvalue weighted by Gasteiger charge is 2.45. The Balaban J connectivity index is 0.832. The van der Waals surface area contributed by atoms with Crippen molar-refractivity contribution in [2.75, 3.05) is 80.0 Å². The number of hydrogen-bond acceptors (Lipinski definition) is 12. The average Bonchev–Trinajstić information content (AvgIpc) is 4.05. The third-order valence-corrected chi connectivity index (χ3v) is 14.3. The number of nitrogens with zero attached hydrogens (tertiary/aromatic N) is 4. The number of likely N-dealkylation sites (tertiary alicyclic amines) is 1. The zero-order valence-corrected chi connectivity index (χ0v) is 44.8. The minimum absolute atomic E-state index is 0.00605. The van der Waals surface area contributed by atoms with E-state index in [1.165, 1.54) is 18.7 Å². The highest BCUT2D eigenvalue weighted by molar-refractivity contribution is 7.13. The van der Waals surface area contributed by atoms with Gasteiger partial charge < -0.3 is 49.5 Å². The molecule has 1 saturated heterocycles. The summed E-state index contributed by atoms with van der Waals surface area (Å²) in [5, 5.41) is 17.7. The zero-order chi connectivity index (χ0) is 53.5. The lowest BCUT2D eigenvalue weighted by atomic mass is 9.85. The summed E-state index contributed by atoms with van der Waals surface area (Å²) in [6, 6.07) is 14.5. The normalized spacial score (nSPS) is 19.2. The van der Waals surface area contributed by atoms with Gasteiger partial charge in [0.1, 0.15) is 48.4 Å². The Bertz CT molecular complexity index is 2680. The van der Waals surface area contributed by atoms with Crippen LogP contribution in [0.4, 0.5) is 13.2 Å². The zero-order valence-electron chi connectivity index (χ0n) is 43.9. The molecule has 5 aromatic rings. The second kappa shape index (κ2) is 24.5. The van der Waals surface area contributed by atoms with Crippen molar-refractivity contribution in [1.29, 1.82) is 0 Å². The molecule has 0 bridgehead atoms. The molecule has 15 nitrogen and oxygen atoms in total. The number of benzene rings is 3. The van der Waals surface area contributed by atoms with Gasteiger partial charge in [-0.25, -0.2) is 18.2 Å². The van der Waals surface area contributed by atoms with E-state index in [9.17, 15) is 19.5 Å². The van der Waals surface area contributed by atoms with Gasteiger partial charge in [0, 0.05) is 66.4 Å². The van der Waals surface area contributed by atoms with Crippen LogP contribution < -0.4 is 15.4 Å². The maximum atomic E-state index is 16.0. The molecule has 3 amide bonds. The first-order chi connectivity index (χ1) is 35.1. The number of ether oxygens (including phenoxy) is 4. The van der Waals surface area contributed by atoms with Crippen LogP contribution in [-0.4, -0.2) is 157 Å². The lowest BCUT2D eigenvalue weighted by molar-refractivity contribution is -0.144. The van der Waals surface area contributed by atoms with Crippen molar-refractivity contribution in [3.8, 4) is 16.2 Å². The maximum Gasteiger partial charge on any atom is 0.246 e. The van der Waals surface area contributed by atoms with Crippen LogP contribution in [0.5, 0.6) is 5.75 Å². The smallest absolute Gasteiger partial charge is 0.246 e. The minimum atomic E-state index is -1.61. The number of halogens is 3. The lowest BCUT2D eigenvalue weighted by Gasteiger charge is -2.43. The predicted octanol–water partition coefficient (Wildman–Crippen LogP) is 7.30. The summed E-state index contributed by atoms with van der Waals surface area (Å²) < 4.78 is 69.6. The Morgan fingerprint density at radius 3 is 2.20 bits per heavy atom. The molecule has 402 valence electrons. The molecule has 4 N–H and O–H groups in total. The van der Waals surface area contributed by atoms with Crippen LogP contribution in [0.25, 0.3) is 21.3 Å². The Morgan fingerprint density at radius 1 is 0.932 bits per heavy atom. The number of carbonyl (C=O) groups excluding carboxylic acids is 3. The van der Waals surface area contributed by atoms with Gasteiger partial charge in [-0.05, 0) is 76.4 Å². The highest BCUT2D eigenvalue weighted by atomic mass is 32.1. The van der Waals surface area contributed by atoms with Gasteiger partial charge >= 0.3 is 0 Å². The molecule has 0 aliphatic carbocycles. The van der Waals surface area contributed by atoms with E-state index >= 15 is 13.2 Å². The van der Waals surface area contributed by atoms with Gasteiger partial charge in [0.15, 0.2) is 0 Å². The molecule has 0 spiro atoms. The predicted molar refractivity (Wildman–Crippen MR) is 279 cm³/mol. The number of aromatic amines is 1. The Kier molecular flexibility index (Phi) is 18.7. The van der Waals surface area contributed by atoms with E-state index in [4.69, 9.17) is 18.9 Å². The molecule has 4 heterocycles. The van der Waals surface area contributed by atoms with Crippen molar-refractivity contribution >= 4 is 40.0 Å². The maximum absolute atomic E-state index is 16.0. The number of aliphatic hydroxyl groups is 1. The van der Waals surface area contributed by atoms with E-state index in [0.717, 1.165) is 50.3 Å². The number of aryl methyl sites for hydroxylation is 1. The number of hydrogen-bond donors (Lipinski definition) is 4. The topological polar surface area (TPSA) is 171 Å². The van der Waals surface area contributed by atoms with Crippen LogP contribution in [0.15, 0.2) is 66.2 Å². The molecule has 2 aliphatic heterocycles. The fourth-order valence-electron chi connectivity index (χ4n) is 9.86. The van der Waals surface area contributed by atoms with E-state index in [-0.39, 0.29) is 83.1 Å². The number of likely N-dealkylation sites (N-methyl/N-ethyl adjacent to an activating group) is 1. The molecule has 0 saturated carbocycles. The number of fused-ring (bicyclic) bond motifs is 3. The van der Waals surface area contributed by atoms with E-state index < -0.39 is 70.7 Å². The number of amides is 3. The number of aromatic nitrogens is 2. The third-order valence-electron chi connectivity index (χ3n) is 13.3. The molecule has 6 atom stereocenters. The SMILES string of the molecule is Cc1ncsc1-c1ccc([C@@H](CN(C)C)NC(=O)[C@@H]2C[C@@H](O)CN2C(=O)[C@@H](NC(=O)COCCOCCOCCOc2cc(F)c([C@@H]3c4[nH]c5ccccc5c4C[C@@H](C)N3CC(C)(C)F)c(F)c2)C(C)(C)C)cc1. The molecular weight excluding hydrogens is 976 g/mol. The summed E-state index contributed by atoms with van der Waals surface area (Å²) in [6.45, 7) is 13.0. The van der Waals surface area contributed by atoms with E-state index in [0.29, 0.717) is 18.7 Å². The number of alkyl halides is 1. The van der Waals surface area contributed by atoms with E-state index in [1.54, 1.807) is 11.3 Å². The average molecular weight is 1050 g/mol. The number of H-pyrrole nitrogens is 1. The Labute approximate surface area is 436 Å². The van der Waals surface area contributed by atoms with Gasteiger partial charge in [-0.1, -0.05) is 63.2 Å². The van der Waals surface area contributed by atoms with Crippen LogP contribution in [0, 0.1) is 24.0 Å². The van der Waals surface area contributed by atoms with E-state index in [2.05, 4.69) is 20.6 Å². The number of rotatable bonds is 23. The lowest BCUT2D eigenvalue weighted by Crippen LogP contribution is -2.58. The summed E-state index contributed by atoms with van der Waals surface area (Å²) in [4.78, 5) is 55.3. The molecule has 0 unspecified atom stereocenters. The first-order valence-corrected chi connectivity index (χ1v) is 26.1. The molecule has 0 radical (unpaired) electrons. The van der Waals surface area contributed by atoms with Gasteiger partial charge in [-0.3, -0.25) is 19.3 Å². The second-order valence-corrected chi connectivity index (χ2v) is 22.2. The highest BCUT2D eigenvalue weighted by Crippen LogP contribution is 2.44. The van der Waals surface area contributed by atoms with Crippen molar-refractivity contribution < 1.29 is 51.6 Å². The Morgan fingerprint density at radius 2 is 1.58 bits per heavy atom. The standard InChI is InChI=1S/C55H72F3N7O8S/c1-33-24-40-39-12-10-11-13-43(39)60-48(40)49(65(33)31-55(6,7)58)47-41(56)26-38(27-42(47)57)73-23-22-71-19-18-70-20-21-72-30-46(67)62-51(54(3,4)5)53(69)64-28-37(66)25-45(64)52(68)61-44(29-63(8)9)35-14-16-36(17-15-35)50-34(2)59-32-74-50/h10-17,26-27,32-33,37,44-45,49,51,60,66H,18-25,28-31H2,1-9H3,(H,61,68)(H,62,67)/t33-,37-,44-,45+,49-,51-/m1/s1. The van der Waals surface area contributed by atoms with Gasteiger partial charge in [0.2, 0.25) is 17.7 Å². The number of carbonyl (C=O) groups is 3. The summed E-state index contributed by atoms with van der Waals surface area (Å²) in [5.41, 5.74) is 4.59. The monoisotopic (exact) mass is 1050 g/mol. The number of aliphatic hydroxyl groups excluding tert-OH is 1. The van der Waals surface area contributed by atoms with Gasteiger partial charge in [0.05, 0.1) is 67.3 Å². The third kappa shape index (κ3) is 14.1. The fourth-order valence-corrected chi connectivity index (χ4v) is 10.7. The van der Waals surface area contributed by atoms with Crippen LogP contribution in [0.1, 0.15) is 88.1 Å². The molecule has 3 aromatic carbocycles. The van der Waals surface area contributed by atoms with Crippen molar-refractivity contribution in [3.05, 3.63) is 106 Å². The molecule has 1 fully saturated rings. The molecule has 74 heavy (non-hydrogen) atoms. The van der Waals surface area contributed by atoms with Crippen molar-refractivity contribution in [3.63, 3.8) is 0 Å². The van der Waals surface area contributed by atoms with Gasteiger partial charge in [0.25, 0.3) is 0 Å². The number of thiazole rings is 1. The first kappa shape index (κ1) is 56.3. The second-order valence-electron chi connectivity index (χ2n) is 21.3.